The van der Waals surface area contributed by atoms with E-state index >= 15 is 0 Å². The molecule has 0 radical (unpaired) electrons. The molecule has 0 aliphatic heterocycles. The largest absolute Gasteiger partial charge is 0.0610 e. The van der Waals surface area contributed by atoms with Crippen LogP contribution in [0.5, 0.6) is 0 Å². The Morgan fingerprint density at radius 3 is 0.897 bits per heavy atom. The van der Waals surface area contributed by atoms with Crippen molar-refractivity contribution in [2.24, 2.45) is 0 Å². The summed E-state index contributed by atoms with van der Waals surface area (Å²) in [6, 6.07) is 66.0. The van der Waals surface area contributed by atoms with Gasteiger partial charge in [-0.15, -0.1) is 0 Å². The lowest BCUT2D eigenvalue weighted by molar-refractivity contribution is 1.43. The number of benzene rings is 8. The standard InChI is InChI=1S/C58H48/c1-41-11-29-49(30-12-41)56(50-31-13-42(2)14-32-50)39-47-23-19-45(20-24-47)27-37-54-9-5-7-53-8-6-10-55(58(53)54)38-28-46-21-25-48(26-22-46)40-57(51-33-15-43(3)16-34-51)52-35-17-44(4)18-36-52/h5-40H,1-4H3/b37-27-,38-28-. The van der Waals surface area contributed by atoms with E-state index in [0.29, 0.717) is 0 Å². The minimum atomic E-state index is 1.16. The van der Waals surface area contributed by atoms with E-state index in [1.165, 1.54) is 88.7 Å². The zero-order valence-electron chi connectivity index (χ0n) is 33.8. The van der Waals surface area contributed by atoms with Crippen LogP contribution in [0.1, 0.15) is 77.9 Å². The molecule has 0 heterocycles. The second-order valence-corrected chi connectivity index (χ2v) is 15.4. The zero-order chi connectivity index (χ0) is 39.8. The molecule has 280 valence electrons. The van der Waals surface area contributed by atoms with Crippen LogP contribution in [0.4, 0.5) is 0 Å². The average Bonchev–Trinajstić information content (AvgIpc) is 3.25. The van der Waals surface area contributed by atoms with E-state index in [0.717, 1.165) is 11.1 Å². The lowest BCUT2D eigenvalue weighted by atomic mass is 9.94. The van der Waals surface area contributed by atoms with Gasteiger partial charge >= 0.3 is 0 Å². The molecule has 0 amide bonds. The van der Waals surface area contributed by atoms with Crippen LogP contribution >= 0.6 is 0 Å². The monoisotopic (exact) mass is 744 g/mol. The summed E-state index contributed by atoms with van der Waals surface area (Å²) in [6.07, 6.45) is 13.5. The van der Waals surface area contributed by atoms with Gasteiger partial charge in [-0.25, -0.2) is 0 Å². The van der Waals surface area contributed by atoms with E-state index in [2.05, 4.69) is 246 Å². The third kappa shape index (κ3) is 9.15. The molecule has 0 bridgehead atoms. The molecule has 0 aliphatic rings. The van der Waals surface area contributed by atoms with Gasteiger partial charge in [0.1, 0.15) is 0 Å². The maximum atomic E-state index is 2.30. The summed E-state index contributed by atoms with van der Waals surface area (Å²) in [6.45, 7) is 8.54. The first kappa shape index (κ1) is 37.9. The predicted octanol–water partition coefficient (Wildman–Crippen LogP) is 15.6. The Morgan fingerprint density at radius 2 is 0.586 bits per heavy atom. The van der Waals surface area contributed by atoms with Crippen molar-refractivity contribution in [3.05, 3.63) is 260 Å². The van der Waals surface area contributed by atoms with Crippen molar-refractivity contribution in [2.45, 2.75) is 27.7 Å². The van der Waals surface area contributed by atoms with Gasteiger partial charge in [0.05, 0.1) is 0 Å². The molecule has 0 fully saturated rings. The highest BCUT2D eigenvalue weighted by atomic mass is 14.1. The van der Waals surface area contributed by atoms with E-state index in [9.17, 15) is 0 Å². The summed E-state index contributed by atoms with van der Waals surface area (Å²) in [5.74, 6) is 0. The van der Waals surface area contributed by atoms with Crippen LogP contribution in [0.3, 0.4) is 0 Å². The minimum Gasteiger partial charge on any atom is -0.0610 e. The number of hydrogen-bond acceptors (Lipinski definition) is 0. The predicted molar refractivity (Wildman–Crippen MR) is 253 cm³/mol. The normalized spacial score (nSPS) is 11.3. The van der Waals surface area contributed by atoms with Crippen LogP contribution in [0, 0.1) is 27.7 Å². The molecule has 0 N–H and O–H groups in total. The highest BCUT2D eigenvalue weighted by molar-refractivity contribution is 6.00. The van der Waals surface area contributed by atoms with Crippen LogP contribution in [0.2, 0.25) is 0 Å². The van der Waals surface area contributed by atoms with Gasteiger partial charge in [0, 0.05) is 0 Å². The van der Waals surface area contributed by atoms with Crippen LogP contribution in [-0.2, 0) is 0 Å². The lowest BCUT2D eigenvalue weighted by Crippen LogP contribution is -1.89. The fraction of sp³-hybridized carbons (Fsp3) is 0.0690. The van der Waals surface area contributed by atoms with E-state index < -0.39 is 0 Å². The summed E-state index contributed by atoms with van der Waals surface area (Å²) in [7, 11) is 0. The fourth-order valence-electron chi connectivity index (χ4n) is 7.39. The molecular formula is C58H48. The molecule has 0 heteroatoms. The van der Waals surface area contributed by atoms with Crippen molar-refractivity contribution >= 4 is 58.4 Å². The van der Waals surface area contributed by atoms with Crippen molar-refractivity contribution in [2.75, 3.05) is 0 Å². The molecule has 0 spiro atoms. The Labute approximate surface area is 344 Å². The molecule has 8 rings (SSSR count). The average molecular weight is 745 g/mol. The second kappa shape index (κ2) is 17.4. The maximum Gasteiger partial charge on any atom is -0.00389 e. The molecule has 0 saturated carbocycles. The van der Waals surface area contributed by atoms with Gasteiger partial charge in [0.15, 0.2) is 0 Å². The molecule has 0 nitrogen and oxygen atoms in total. The third-order valence-electron chi connectivity index (χ3n) is 10.8. The fourth-order valence-corrected chi connectivity index (χ4v) is 7.39. The Hall–Kier alpha value is -7.02. The van der Waals surface area contributed by atoms with Gasteiger partial charge in [-0.2, -0.15) is 0 Å². The summed E-state index contributed by atoms with van der Waals surface area (Å²) in [4.78, 5) is 0. The molecule has 0 aromatic heterocycles. The van der Waals surface area contributed by atoms with Gasteiger partial charge in [0.25, 0.3) is 0 Å². The molecule has 8 aromatic rings. The second-order valence-electron chi connectivity index (χ2n) is 15.4. The molecule has 0 unspecified atom stereocenters. The Balaban J connectivity index is 1.03. The van der Waals surface area contributed by atoms with Crippen molar-refractivity contribution in [1.82, 2.24) is 0 Å². The molecule has 0 aliphatic carbocycles. The highest BCUT2D eigenvalue weighted by Crippen LogP contribution is 2.30. The molecule has 0 atom stereocenters. The highest BCUT2D eigenvalue weighted by Gasteiger charge is 2.08. The van der Waals surface area contributed by atoms with E-state index in [-0.39, 0.29) is 0 Å². The minimum absolute atomic E-state index is 1.16. The number of aryl methyl sites for hydroxylation is 4. The Kier molecular flexibility index (Phi) is 11.4. The SMILES string of the molecule is Cc1ccc(C(=Cc2ccc(/C=C\c3cccc4cccc(/C=C\c5ccc(C=C(c6ccc(C)cc6)c6ccc(C)cc6)cc5)c34)cc2)c2ccc(C)cc2)cc1. The molecule has 58 heavy (non-hydrogen) atoms. The van der Waals surface area contributed by atoms with Crippen molar-refractivity contribution in [3.8, 4) is 0 Å². The Bertz CT molecular complexity index is 2480. The van der Waals surface area contributed by atoms with E-state index in [1.54, 1.807) is 0 Å². The first-order valence-corrected chi connectivity index (χ1v) is 20.1. The quantitative estimate of drug-likeness (QED) is 0.122. The summed E-state index contributed by atoms with van der Waals surface area (Å²) >= 11 is 0. The van der Waals surface area contributed by atoms with E-state index in [4.69, 9.17) is 0 Å². The lowest BCUT2D eigenvalue weighted by Gasteiger charge is -2.10. The third-order valence-corrected chi connectivity index (χ3v) is 10.8. The smallest absolute Gasteiger partial charge is 0.00389 e. The summed E-state index contributed by atoms with van der Waals surface area (Å²) in [5, 5.41) is 2.48. The van der Waals surface area contributed by atoms with Crippen molar-refractivity contribution < 1.29 is 0 Å². The van der Waals surface area contributed by atoms with Crippen molar-refractivity contribution in [1.29, 1.82) is 0 Å². The summed E-state index contributed by atoms with van der Waals surface area (Å²) in [5.41, 5.74) is 19.4. The summed E-state index contributed by atoms with van der Waals surface area (Å²) < 4.78 is 0. The van der Waals surface area contributed by atoms with Crippen LogP contribution in [-0.4, -0.2) is 0 Å². The van der Waals surface area contributed by atoms with Gasteiger partial charge in [-0.3, -0.25) is 0 Å². The zero-order valence-corrected chi connectivity index (χ0v) is 33.8. The van der Waals surface area contributed by atoms with Crippen LogP contribution in [0.15, 0.2) is 182 Å². The number of fused-ring (bicyclic) bond motifs is 1. The topological polar surface area (TPSA) is 0 Å². The van der Waals surface area contributed by atoms with Gasteiger partial charge < -0.3 is 0 Å². The van der Waals surface area contributed by atoms with Gasteiger partial charge in [-0.05, 0) is 117 Å². The number of hydrogen-bond donors (Lipinski definition) is 0. The first-order valence-electron chi connectivity index (χ1n) is 20.1. The van der Waals surface area contributed by atoms with Crippen molar-refractivity contribution in [3.63, 3.8) is 0 Å². The van der Waals surface area contributed by atoms with Crippen LogP contribution < -0.4 is 0 Å². The van der Waals surface area contributed by atoms with Crippen LogP contribution in [0.25, 0.3) is 58.4 Å². The number of rotatable bonds is 10. The van der Waals surface area contributed by atoms with E-state index in [1.807, 2.05) is 0 Å². The van der Waals surface area contributed by atoms with Gasteiger partial charge in [0.2, 0.25) is 0 Å². The molecule has 8 aromatic carbocycles. The molecular weight excluding hydrogens is 697 g/mol. The van der Waals surface area contributed by atoms with Gasteiger partial charge in [-0.1, -0.05) is 229 Å². The molecule has 0 saturated heterocycles. The first-order chi connectivity index (χ1) is 28.3. The maximum absolute atomic E-state index is 2.30. The Morgan fingerprint density at radius 1 is 0.293 bits per heavy atom.